The SMILES string of the molecule is O=C([O-])C[C@H](O)C[C@H](O)COc1c(Cl)cc(Cl)cc1-c1ccccc1.[Na+]. The van der Waals surface area contributed by atoms with E-state index in [4.69, 9.17) is 27.9 Å². The Hall–Kier alpha value is -0.790. The first-order valence-corrected chi connectivity index (χ1v) is 8.35. The molecule has 0 fully saturated rings. The number of rotatable bonds is 8. The predicted molar refractivity (Wildman–Crippen MR) is 93.6 cm³/mol. The third kappa shape index (κ3) is 7.08. The Morgan fingerprint density at radius 2 is 1.77 bits per heavy atom. The molecule has 0 aliphatic heterocycles. The smallest absolute Gasteiger partial charge is 0.550 e. The van der Waals surface area contributed by atoms with Gasteiger partial charge < -0.3 is 24.9 Å². The molecule has 0 saturated carbocycles. The summed E-state index contributed by atoms with van der Waals surface area (Å²) in [7, 11) is 0. The molecule has 0 spiro atoms. The van der Waals surface area contributed by atoms with E-state index >= 15 is 0 Å². The molecule has 0 aliphatic rings. The fourth-order valence-corrected chi connectivity index (χ4v) is 2.92. The van der Waals surface area contributed by atoms with Crippen molar-refractivity contribution in [3.8, 4) is 16.9 Å². The number of hydrogen-bond acceptors (Lipinski definition) is 5. The summed E-state index contributed by atoms with van der Waals surface area (Å²) in [5, 5.41) is 30.6. The Balaban J connectivity index is 0.00000338. The van der Waals surface area contributed by atoms with Gasteiger partial charge in [0.2, 0.25) is 0 Å². The van der Waals surface area contributed by atoms with Gasteiger partial charge in [0, 0.05) is 29.4 Å². The van der Waals surface area contributed by atoms with Crippen LogP contribution in [-0.4, -0.2) is 35.0 Å². The minimum atomic E-state index is -1.38. The van der Waals surface area contributed by atoms with Crippen molar-refractivity contribution in [2.75, 3.05) is 6.61 Å². The van der Waals surface area contributed by atoms with Crippen molar-refractivity contribution in [3.63, 3.8) is 0 Å². The molecule has 8 heteroatoms. The second-order valence-electron chi connectivity index (χ2n) is 5.56. The first-order valence-electron chi connectivity index (χ1n) is 7.60. The number of aliphatic hydroxyl groups is 2. The first kappa shape index (κ1) is 23.2. The van der Waals surface area contributed by atoms with Crippen LogP contribution in [0.5, 0.6) is 5.75 Å². The van der Waals surface area contributed by atoms with Crippen LogP contribution in [0.15, 0.2) is 42.5 Å². The molecule has 26 heavy (non-hydrogen) atoms. The molecule has 0 saturated heterocycles. The van der Waals surface area contributed by atoms with Crippen molar-refractivity contribution in [3.05, 3.63) is 52.5 Å². The Labute approximate surface area is 183 Å². The van der Waals surface area contributed by atoms with E-state index in [1.54, 1.807) is 6.07 Å². The summed E-state index contributed by atoms with van der Waals surface area (Å²) in [4.78, 5) is 10.4. The van der Waals surface area contributed by atoms with E-state index in [1.165, 1.54) is 6.07 Å². The molecule has 2 aromatic carbocycles. The standard InChI is InChI=1S/C18H18Cl2O5.Na/c19-12-6-15(11-4-2-1-3-5-11)18(16(20)7-12)25-10-14(22)8-13(21)9-17(23)24;/h1-7,13-14,21-22H,8-10H2,(H,23,24);/q;+1/p-1/t13-,14+;/m1./s1. The fourth-order valence-electron chi connectivity index (χ4n) is 2.38. The van der Waals surface area contributed by atoms with Crippen molar-refractivity contribution in [1.82, 2.24) is 0 Å². The number of halogens is 2. The molecule has 0 aromatic heterocycles. The summed E-state index contributed by atoms with van der Waals surface area (Å²) in [6.07, 6.45) is -2.98. The van der Waals surface area contributed by atoms with Crippen LogP contribution < -0.4 is 39.4 Å². The molecule has 2 aromatic rings. The number of carbonyl (C=O) groups is 1. The molecule has 2 N–H and O–H groups in total. The normalized spacial score (nSPS) is 12.8. The van der Waals surface area contributed by atoms with Crippen molar-refractivity contribution in [1.29, 1.82) is 0 Å². The fraction of sp³-hybridized carbons (Fsp3) is 0.278. The van der Waals surface area contributed by atoms with E-state index in [-0.39, 0.29) is 47.6 Å². The zero-order valence-electron chi connectivity index (χ0n) is 14.2. The summed E-state index contributed by atoms with van der Waals surface area (Å²) in [5.74, 6) is -1.03. The Morgan fingerprint density at radius 1 is 1.12 bits per heavy atom. The maximum Gasteiger partial charge on any atom is 1.00 e. The molecule has 0 radical (unpaired) electrons. The number of hydrogen-bond donors (Lipinski definition) is 2. The molecule has 0 amide bonds. The zero-order chi connectivity index (χ0) is 18.4. The van der Waals surface area contributed by atoms with E-state index in [0.717, 1.165) is 5.56 Å². The third-order valence-corrected chi connectivity index (χ3v) is 3.96. The molecule has 0 heterocycles. The predicted octanol–water partition coefficient (Wildman–Crippen LogP) is -0.705. The Morgan fingerprint density at radius 3 is 2.38 bits per heavy atom. The van der Waals surface area contributed by atoms with Gasteiger partial charge in [-0.2, -0.15) is 0 Å². The molecule has 0 aliphatic carbocycles. The molecular weight excluding hydrogens is 390 g/mol. The Bertz CT molecular complexity index is 727. The van der Waals surface area contributed by atoms with Gasteiger partial charge in [-0.1, -0.05) is 53.5 Å². The number of carboxylic acids is 1. The average molecular weight is 407 g/mol. The van der Waals surface area contributed by atoms with Gasteiger partial charge in [0.05, 0.1) is 17.2 Å². The van der Waals surface area contributed by atoms with Gasteiger partial charge in [0.25, 0.3) is 0 Å². The van der Waals surface area contributed by atoms with Gasteiger partial charge in [0.1, 0.15) is 12.4 Å². The zero-order valence-corrected chi connectivity index (χ0v) is 17.7. The second-order valence-corrected chi connectivity index (χ2v) is 6.40. The summed E-state index contributed by atoms with van der Waals surface area (Å²) in [6.45, 7) is -0.161. The van der Waals surface area contributed by atoms with Crippen LogP contribution in [0.1, 0.15) is 12.8 Å². The van der Waals surface area contributed by atoms with E-state index < -0.39 is 24.6 Å². The van der Waals surface area contributed by atoms with Crippen LogP contribution in [0, 0.1) is 0 Å². The van der Waals surface area contributed by atoms with Gasteiger partial charge >= 0.3 is 29.6 Å². The van der Waals surface area contributed by atoms with Crippen LogP contribution >= 0.6 is 23.2 Å². The number of carboxylic acid groups (broad SMARTS) is 1. The summed E-state index contributed by atoms with van der Waals surface area (Å²) in [6, 6.07) is 12.6. The van der Waals surface area contributed by atoms with Crippen LogP contribution in [0.4, 0.5) is 0 Å². The largest absolute Gasteiger partial charge is 1.00 e. The maximum atomic E-state index is 10.4. The van der Waals surface area contributed by atoms with Crippen LogP contribution in [0.2, 0.25) is 10.0 Å². The van der Waals surface area contributed by atoms with Crippen molar-refractivity contribution in [2.24, 2.45) is 0 Å². The molecule has 0 unspecified atom stereocenters. The number of benzene rings is 2. The summed E-state index contributed by atoms with van der Waals surface area (Å²) in [5.41, 5.74) is 1.51. The monoisotopic (exact) mass is 406 g/mol. The van der Waals surface area contributed by atoms with Crippen molar-refractivity contribution < 1.29 is 54.4 Å². The summed E-state index contributed by atoms with van der Waals surface area (Å²) >= 11 is 12.3. The number of aliphatic hydroxyl groups excluding tert-OH is 2. The van der Waals surface area contributed by atoms with E-state index in [0.29, 0.717) is 16.3 Å². The van der Waals surface area contributed by atoms with E-state index in [2.05, 4.69) is 0 Å². The van der Waals surface area contributed by atoms with Gasteiger partial charge in [-0.05, 0) is 17.7 Å². The quantitative estimate of drug-likeness (QED) is 0.565. The van der Waals surface area contributed by atoms with Crippen molar-refractivity contribution >= 4 is 29.2 Å². The number of ether oxygens (including phenoxy) is 1. The van der Waals surface area contributed by atoms with Gasteiger partial charge in [-0.15, -0.1) is 0 Å². The molecule has 2 rings (SSSR count). The van der Waals surface area contributed by atoms with Gasteiger partial charge in [0.15, 0.2) is 0 Å². The topological polar surface area (TPSA) is 89.8 Å². The minimum absolute atomic E-state index is 0. The second kappa shape index (κ2) is 11.1. The van der Waals surface area contributed by atoms with Gasteiger partial charge in [-0.25, -0.2) is 0 Å². The minimum Gasteiger partial charge on any atom is -0.550 e. The van der Waals surface area contributed by atoms with Gasteiger partial charge in [-0.3, -0.25) is 0 Å². The molecule has 0 bridgehead atoms. The van der Waals surface area contributed by atoms with E-state index in [1.807, 2.05) is 30.3 Å². The van der Waals surface area contributed by atoms with E-state index in [9.17, 15) is 20.1 Å². The number of aliphatic carboxylic acids is 1. The molecule has 134 valence electrons. The summed E-state index contributed by atoms with van der Waals surface area (Å²) < 4.78 is 5.63. The third-order valence-electron chi connectivity index (χ3n) is 3.46. The first-order chi connectivity index (χ1) is 11.9. The van der Waals surface area contributed by atoms with Crippen LogP contribution in [0.25, 0.3) is 11.1 Å². The van der Waals surface area contributed by atoms with Crippen molar-refractivity contribution in [2.45, 2.75) is 25.0 Å². The molecule has 5 nitrogen and oxygen atoms in total. The average Bonchev–Trinajstić information content (AvgIpc) is 2.53. The van der Waals surface area contributed by atoms with Crippen LogP contribution in [0.3, 0.4) is 0 Å². The molecular formula is C18H17Cl2NaO5. The number of carbonyl (C=O) groups excluding carboxylic acids is 1. The molecule has 2 atom stereocenters. The Kier molecular flexibility index (Phi) is 9.97. The van der Waals surface area contributed by atoms with Crippen LogP contribution in [-0.2, 0) is 4.79 Å². The maximum absolute atomic E-state index is 10.4.